The maximum atomic E-state index is 13.2. The highest BCUT2D eigenvalue weighted by Gasteiger charge is 2.27. The summed E-state index contributed by atoms with van der Waals surface area (Å²) < 4.78 is 29.3. The highest BCUT2D eigenvalue weighted by atomic mass is 35.5. The van der Waals surface area contributed by atoms with E-state index in [1.807, 2.05) is 10.8 Å². The van der Waals surface area contributed by atoms with Gasteiger partial charge in [-0.25, -0.2) is 13.4 Å². The number of halogens is 1. The molecule has 0 bridgehead atoms. The van der Waals surface area contributed by atoms with Crippen molar-refractivity contribution < 1.29 is 13.2 Å². The Labute approximate surface area is 175 Å². The number of carbonyl (C=O) groups excluding carboxylic acids is 1. The molecule has 7 nitrogen and oxygen atoms in total. The molecule has 29 heavy (non-hydrogen) atoms. The number of rotatable bonds is 9. The topological polar surface area (TPSA) is 84.3 Å². The predicted molar refractivity (Wildman–Crippen MR) is 112 cm³/mol. The van der Waals surface area contributed by atoms with Crippen LogP contribution >= 0.6 is 11.6 Å². The Balaban J connectivity index is 1.70. The van der Waals surface area contributed by atoms with Crippen LogP contribution in [-0.4, -0.2) is 37.0 Å². The first-order valence-corrected chi connectivity index (χ1v) is 10.8. The number of carbonyl (C=O) groups is 1. The van der Waals surface area contributed by atoms with E-state index in [1.54, 1.807) is 42.9 Å². The van der Waals surface area contributed by atoms with Crippen LogP contribution in [0.4, 0.5) is 5.69 Å². The van der Waals surface area contributed by atoms with Crippen LogP contribution in [0.5, 0.6) is 0 Å². The highest BCUT2D eigenvalue weighted by molar-refractivity contribution is 7.92. The minimum Gasteiger partial charge on any atom is -0.354 e. The molecule has 3 aromatic rings. The van der Waals surface area contributed by atoms with E-state index >= 15 is 0 Å². The largest absolute Gasteiger partial charge is 0.354 e. The third-order valence-electron chi connectivity index (χ3n) is 4.21. The number of amides is 1. The maximum Gasteiger partial charge on any atom is 0.264 e. The number of benzene rings is 2. The number of imidazole rings is 1. The van der Waals surface area contributed by atoms with Gasteiger partial charge in [-0.2, -0.15) is 0 Å². The summed E-state index contributed by atoms with van der Waals surface area (Å²) in [6, 6.07) is 14.4. The van der Waals surface area contributed by atoms with Crippen LogP contribution in [0.1, 0.15) is 6.42 Å². The SMILES string of the molecule is O=C(CN(c1ccccc1)S(=O)(=O)c1ccc(Cl)cc1)NCCCn1ccnc1. The summed E-state index contributed by atoms with van der Waals surface area (Å²) in [5.41, 5.74) is 0.413. The van der Waals surface area contributed by atoms with Crippen molar-refractivity contribution in [1.82, 2.24) is 14.9 Å². The van der Waals surface area contributed by atoms with Crippen molar-refractivity contribution >= 4 is 33.2 Å². The molecule has 0 saturated heterocycles. The predicted octanol–water partition coefficient (Wildman–Crippen LogP) is 2.94. The molecule has 0 fully saturated rings. The zero-order valence-electron chi connectivity index (χ0n) is 15.6. The lowest BCUT2D eigenvalue weighted by Crippen LogP contribution is -2.41. The molecule has 0 aliphatic heterocycles. The highest BCUT2D eigenvalue weighted by Crippen LogP contribution is 2.24. The monoisotopic (exact) mass is 432 g/mol. The van der Waals surface area contributed by atoms with Crippen molar-refractivity contribution in [3.63, 3.8) is 0 Å². The molecule has 152 valence electrons. The first-order chi connectivity index (χ1) is 14.0. The number of sulfonamides is 1. The molecule has 0 atom stereocenters. The Morgan fingerprint density at radius 2 is 1.83 bits per heavy atom. The van der Waals surface area contributed by atoms with Crippen molar-refractivity contribution in [3.05, 3.63) is 78.3 Å². The molecule has 0 radical (unpaired) electrons. The smallest absolute Gasteiger partial charge is 0.264 e. The number of para-hydroxylation sites is 1. The fraction of sp³-hybridized carbons (Fsp3) is 0.200. The molecule has 9 heteroatoms. The van der Waals surface area contributed by atoms with Gasteiger partial charge in [-0.1, -0.05) is 29.8 Å². The van der Waals surface area contributed by atoms with Crippen molar-refractivity contribution in [2.75, 3.05) is 17.4 Å². The fourth-order valence-electron chi connectivity index (χ4n) is 2.74. The van der Waals surface area contributed by atoms with E-state index in [9.17, 15) is 13.2 Å². The molecule has 3 rings (SSSR count). The Bertz CT molecular complexity index is 1020. The second kappa shape index (κ2) is 9.58. The number of nitrogens with one attached hydrogen (secondary N) is 1. The molecule has 1 heterocycles. The maximum absolute atomic E-state index is 13.2. The lowest BCUT2D eigenvalue weighted by atomic mass is 10.3. The van der Waals surface area contributed by atoms with Gasteiger partial charge in [-0.05, 0) is 42.8 Å². The van der Waals surface area contributed by atoms with Crippen molar-refractivity contribution in [3.8, 4) is 0 Å². The molecule has 0 aliphatic carbocycles. The number of nitrogens with zero attached hydrogens (tertiary/aromatic N) is 3. The molecule has 0 spiro atoms. The molecule has 1 N–H and O–H groups in total. The van der Waals surface area contributed by atoms with E-state index in [4.69, 9.17) is 11.6 Å². The van der Waals surface area contributed by atoms with Crippen LogP contribution in [0.3, 0.4) is 0 Å². The van der Waals surface area contributed by atoms with E-state index in [-0.39, 0.29) is 17.3 Å². The van der Waals surface area contributed by atoms with Crippen LogP contribution in [0.25, 0.3) is 0 Å². The van der Waals surface area contributed by atoms with E-state index in [1.165, 1.54) is 24.3 Å². The zero-order chi connectivity index (χ0) is 20.7. The summed E-state index contributed by atoms with van der Waals surface area (Å²) in [6.07, 6.45) is 5.95. The van der Waals surface area contributed by atoms with Crippen molar-refractivity contribution in [2.45, 2.75) is 17.9 Å². The summed E-state index contributed by atoms with van der Waals surface area (Å²) in [7, 11) is -3.93. The van der Waals surface area contributed by atoms with Gasteiger partial charge in [0, 0.05) is 30.5 Å². The number of aryl methyl sites for hydroxylation is 1. The van der Waals surface area contributed by atoms with E-state index < -0.39 is 10.0 Å². The third-order valence-corrected chi connectivity index (χ3v) is 6.25. The Kier molecular flexibility index (Phi) is 6.90. The molecule has 1 aromatic heterocycles. The molecule has 2 aromatic carbocycles. The summed E-state index contributed by atoms with van der Waals surface area (Å²) in [5, 5.41) is 3.21. The van der Waals surface area contributed by atoms with Gasteiger partial charge in [0.15, 0.2) is 0 Å². The first-order valence-electron chi connectivity index (χ1n) is 9.02. The van der Waals surface area contributed by atoms with E-state index in [2.05, 4.69) is 10.3 Å². The van der Waals surface area contributed by atoms with Crippen LogP contribution in [0, 0.1) is 0 Å². The molecular formula is C20H21ClN4O3S. The number of aromatic nitrogens is 2. The summed E-state index contributed by atoms with van der Waals surface area (Å²) in [4.78, 5) is 16.5. The third kappa shape index (κ3) is 5.58. The number of anilines is 1. The molecule has 1 amide bonds. The standard InChI is InChI=1S/C20H21ClN4O3S/c21-17-7-9-19(10-8-17)29(27,28)25(18-5-2-1-3-6-18)15-20(26)23-11-4-13-24-14-12-22-16-24/h1-3,5-10,12,14,16H,4,11,13,15H2,(H,23,26). The van der Waals surface area contributed by atoms with Gasteiger partial charge in [-0.15, -0.1) is 0 Å². The van der Waals surface area contributed by atoms with E-state index in [0.29, 0.717) is 30.2 Å². The van der Waals surface area contributed by atoms with Crippen LogP contribution < -0.4 is 9.62 Å². The summed E-state index contributed by atoms with van der Waals surface area (Å²) in [6.45, 7) is 0.826. The van der Waals surface area contributed by atoms with Gasteiger partial charge in [0.05, 0.1) is 16.9 Å². The normalized spacial score (nSPS) is 11.2. The van der Waals surface area contributed by atoms with Gasteiger partial charge in [0.2, 0.25) is 5.91 Å². The number of hydrogen-bond acceptors (Lipinski definition) is 4. The Morgan fingerprint density at radius 3 is 2.48 bits per heavy atom. The second-order valence-corrected chi connectivity index (χ2v) is 8.60. The van der Waals surface area contributed by atoms with Crippen molar-refractivity contribution in [2.24, 2.45) is 0 Å². The average molecular weight is 433 g/mol. The summed E-state index contributed by atoms with van der Waals surface area (Å²) in [5.74, 6) is -0.378. The lowest BCUT2D eigenvalue weighted by Gasteiger charge is -2.24. The minimum atomic E-state index is -3.93. The summed E-state index contributed by atoms with van der Waals surface area (Å²) >= 11 is 5.87. The molecule has 0 aliphatic rings. The van der Waals surface area contributed by atoms with Gasteiger partial charge in [0.25, 0.3) is 10.0 Å². The van der Waals surface area contributed by atoms with Gasteiger partial charge in [-0.3, -0.25) is 9.10 Å². The van der Waals surface area contributed by atoms with Gasteiger partial charge >= 0.3 is 0 Å². The van der Waals surface area contributed by atoms with E-state index in [0.717, 1.165) is 4.31 Å². The minimum absolute atomic E-state index is 0.0682. The average Bonchev–Trinajstić information content (AvgIpc) is 3.24. The van der Waals surface area contributed by atoms with Crippen LogP contribution in [0.15, 0.2) is 78.2 Å². The molecule has 0 saturated carbocycles. The van der Waals surface area contributed by atoms with Gasteiger partial charge < -0.3 is 9.88 Å². The Morgan fingerprint density at radius 1 is 1.10 bits per heavy atom. The zero-order valence-corrected chi connectivity index (χ0v) is 17.2. The second-order valence-electron chi connectivity index (χ2n) is 6.31. The first kappa shape index (κ1) is 20.9. The van der Waals surface area contributed by atoms with Crippen LogP contribution in [-0.2, 0) is 21.4 Å². The molecule has 0 unspecified atom stereocenters. The lowest BCUT2D eigenvalue weighted by molar-refractivity contribution is -0.119. The Hall–Kier alpha value is -2.84. The van der Waals surface area contributed by atoms with Crippen LogP contribution in [0.2, 0.25) is 5.02 Å². The molecular weight excluding hydrogens is 412 g/mol. The number of hydrogen-bond donors (Lipinski definition) is 1. The van der Waals surface area contributed by atoms with Crippen molar-refractivity contribution in [1.29, 1.82) is 0 Å². The fourth-order valence-corrected chi connectivity index (χ4v) is 4.28. The van der Waals surface area contributed by atoms with Gasteiger partial charge in [0.1, 0.15) is 6.54 Å². The quantitative estimate of drug-likeness (QED) is 0.527.